The molecule has 0 saturated carbocycles. The van der Waals surface area contributed by atoms with Crippen LogP contribution in [0.5, 0.6) is 11.5 Å². The molecule has 0 aliphatic heterocycles. The van der Waals surface area contributed by atoms with Gasteiger partial charge in [0.2, 0.25) is 0 Å². The molecular formula is C15H16N2O3. The minimum Gasteiger partial charge on any atom is -0.508 e. The Morgan fingerprint density at radius 2 is 2.00 bits per heavy atom. The number of carbonyl (C=O) groups is 1. The van der Waals surface area contributed by atoms with Crippen molar-refractivity contribution in [1.82, 2.24) is 0 Å². The minimum atomic E-state index is -0.218. The minimum absolute atomic E-state index is 0.108. The van der Waals surface area contributed by atoms with Crippen LogP contribution in [0.1, 0.15) is 10.4 Å². The maximum absolute atomic E-state index is 12.4. The normalized spacial score (nSPS) is 10.1. The van der Waals surface area contributed by atoms with E-state index in [-0.39, 0.29) is 11.7 Å². The average molecular weight is 272 g/mol. The number of nitrogens with two attached hydrogens (primary N) is 1. The zero-order valence-electron chi connectivity index (χ0n) is 11.3. The molecule has 0 atom stereocenters. The van der Waals surface area contributed by atoms with E-state index < -0.39 is 0 Å². The van der Waals surface area contributed by atoms with Gasteiger partial charge in [-0.15, -0.1) is 0 Å². The summed E-state index contributed by atoms with van der Waals surface area (Å²) >= 11 is 0. The summed E-state index contributed by atoms with van der Waals surface area (Å²) < 4.78 is 5.06. The van der Waals surface area contributed by atoms with Crippen LogP contribution >= 0.6 is 0 Å². The van der Waals surface area contributed by atoms with Gasteiger partial charge in [0.1, 0.15) is 11.5 Å². The zero-order valence-corrected chi connectivity index (χ0v) is 11.3. The van der Waals surface area contributed by atoms with Crippen LogP contribution in [0.15, 0.2) is 42.5 Å². The van der Waals surface area contributed by atoms with E-state index in [0.717, 1.165) is 0 Å². The van der Waals surface area contributed by atoms with Crippen molar-refractivity contribution in [2.45, 2.75) is 0 Å². The van der Waals surface area contributed by atoms with Gasteiger partial charge in [0.25, 0.3) is 5.91 Å². The smallest absolute Gasteiger partial charge is 0.258 e. The number of phenolic OH excluding ortho intramolecular Hbond substituents is 1. The number of ether oxygens (including phenoxy) is 1. The van der Waals surface area contributed by atoms with Crippen molar-refractivity contribution >= 4 is 17.3 Å². The van der Waals surface area contributed by atoms with Gasteiger partial charge in [0, 0.05) is 24.4 Å². The fourth-order valence-electron chi connectivity index (χ4n) is 1.88. The zero-order chi connectivity index (χ0) is 14.7. The molecule has 0 aliphatic carbocycles. The molecule has 3 N–H and O–H groups in total. The topological polar surface area (TPSA) is 75.8 Å². The lowest BCUT2D eigenvalue weighted by atomic mass is 10.1. The Hall–Kier alpha value is -2.69. The lowest BCUT2D eigenvalue weighted by Crippen LogP contribution is -2.26. The van der Waals surface area contributed by atoms with E-state index in [1.54, 1.807) is 43.4 Å². The van der Waals surface area contributed by atoms with E-state index in [9.17, 15) is 9.90 Å². The highest BCUT2D eigenvalue weighted by atomic mass is 16.5. The average Bonchev–Trinajstić information content (AvgIpc) is 2.45. The third kappa shape index (κ3) is 2.66. The first-order valence-electron chi connectivity index (χ1n) is 6.03. The van der Waals surface area contributed by atoms with Crippen molar-refractivity contribution < 1.29 is 14.6 Å². The number of carbonyl (C=O) groups excluding carboxylic acids is 1. The Morgan fingerprint density at radius 1 is 1.25 bits per heavy atom. The number of benzene rings is 2. The fourth-order valence-corrected chi connectivity index (χ4v) is 1.88. The van der Waals surface area contributed by atoms with E-state index in [4.69, 9.17) is 10.5 Å². The number of amides is 1. The van der Waals surface area contributed by atoms with Gasteiger partial charge in [0.15, 0.2) is 0 Å². The fraction of sp³-hybridized carbons (Fsp3) is 0.133. The number of rotatable bonds is 3. The molecule has 1 amide bonds. The molecule has 2 aromatic carbocycles. The number of methoxy groups -OCH3 is 1. The molecule has 2 aromatic rings. The van der Waals surface area contributed by atoms with Crippen LogP contribution in [-0.4, -0.2) is 25.2 Å². The summed E-state index contributed by atoms with van der Waals surface area (Å²) in [5, 5.41) is 9.45. The van der Waals surface area contributed by atoms with E-state index >= 15 is 0 Å². The predicted molar refractivity (Wildman–Crippen MR) is 78.2 cm³/mol. The second kappa shape index (κ2) is 5.52. The third-order valence-corrected chi connectivity index (χ3v) is 3.00. The number of aromatic hydroxyl groups is 1. The van der Waals surface area contributed by atoms with Crippen molar-refractivity contribution in [3.63, 3.8) is 0 Å². The number of hydrogen-bond acceptors (Lipinski definition) is 4. The Kier molecular flexibility index (Phi) is 3.79. The molecule has 0 aliphatic rings. The van der Waals surface area contributed by atoms with E-state index in [2.05, 4.69) is 0 Å². The maximum atomic E-state index is 12.4. The van der Waals surface area contributed by atoms with Crippen LogP contribution in [0.25, 0.3) is 0 Å². The first-order chi connectivity index (χ1) is 9.52. The molecule has 0 heterocycles. The summed E-state index contributed by atoms with van der Waals surface area (Å²) in [5.74, 6) is 0.419. The highest BCUT2D eigenvalue weighted by Crippen LogP contribution is 2.25. The van der Waals surface area contributed by atoms with Gasteiger partial charge in [-0.05, 0) is 30.3 Å². The molecule has 0 unspecified atom stereocenters. The molecule has 5 nitrogen and oxygen atoms in total. The van der Waals surface area contributed by atoms with Crippen LogP contribution in [0.4, 0.5) is 11.4 Å². The lowest BCUT2D eigenvalue weighted by molar-refractivity contribution is 0.0993. The van der Waals surface area contributed by atoms with E-state index in [1.165, 1.54) is 18.1 Å². The molecule has 0 fully saturated rings. The van der Waals surface area contributed by atoms with Crippen molar-refractivity contribution in [3.8, 4) is 11.5 Å². The van der Waals surface area contributed by atoms with Gasteiger partial charge in [-0.1, -0.05) is 6.07 Å². The van der Waals surface area contributed by atoms with Crippen LogP contribution in [-0.2, 0) is 0 Å². The number of hydrogen-bond donors (Lipinski definition) is 2. The Balaban J connectivity index is 2.29. The summed E-state index contributed by atoms with van der Waals surface area (Å²) in [6.45, 7) is 0. The SMILES string of the molecule is COc1ccc(C(=O)N(C)c2cccc(O)c2)cc1N. The largest absolute Gasteiger partial charge is 0.508 e. The molecule has 0 saturated heterocycles. The van der Waals surface area contributed by atoms with Crippen LogP contribution in [0.2, 0.25) is 0 Å². The third-order valence-electron chi connectivity index (χ3n) is 3.00. The summed E-state index contributed by atoms with van der Waals surface area (Å²) in [6, 6.07) is 11.4. The molecule has 0 aromatic heterocycles. The Morgan fingerprint density at radius 3 is 2.60 bits per heavy atom. The Bertz CT molecular complexity index is 641. The highest BCUT2D eigenvalue weighted by molar-refractivity contribution is 6.06. The van der Waals surface area contributed by atoms with E-state index in [1.807, 2.05) is 0 Å². The molecular weight excluding hydrogens is 256 g/mol. The summed E-state index contributed by atoms with van der Waals surface area (Å²) in [7, 11) is 3.16. The first kappa shape index (κ1) is 13.7. The van der Waals surface area contributed by atoms with Crippen LogP contribution in [0.3, 0.4) is 0 Å². The van der Waals surface area contributed by atoms with Gasteiger partial charge >= 0.3 is 0 Å². The van der Waals surface area contributed by atoms with Gasteiger partial charge in [0.05, 0.1) is 12.8 Å². The summed E-state index contributed by atoms with van der Waals surface area (Å²) in [4.78, 5) is 13.8. The van der Waals surface area contributed by atoms with Crippen molar-refractivity contribution in [2.24, 2.45) is 0 Å². The lowest BCUT2D eigenvalue weighted by Gasteiger charge is -2.18. The Labute approximate surface area is 117 Å². The van der Waals surface area contributed by atoms with Crippen molar-refractivity contribution in [3.05, 3.63) is 48.0 Å². The standard InChI is InChI=1S/C15H16N2O3/c1-17(11-4-3-5-12(18)9-11)15(19)10-6-7-14(20-2)13(16)8-10/h3-9,18H,16H2,1-2H3. The van der Waals surface area contributed by atoms with Crippen molar-refractivity contribution in [1.29, 1.82) is 0 Å². The second-order valence-corrected chi connectivity index (χ2v) is 4.34. The van der Waals surface area contributed by atoms with Crippen LogP contribution in [0, 0.1) is 0 Å². The molecule has 2 rings (SSSR count). The number of nitrogen functional groups attached to an aromatic ring is 1. The number of phenols is 1. The number of nitrogens with zero attached hydrogens (tertiary/aromatic N) is 1. The predicted octanol–water partition coefficient (Wildman–Crippen LogP) is 2.26. The van der Waals surface area contributed by atoms with Gasteiger partial charge in [-0.25, -0.2) is 0 Å². The molecule has 0 bridgehead atoms. The molecule has 0 radical (unpaired) electrons. The molecule has 104 valence electrons. The van der Waals surface area contributed by atoms with Crippen molar-refractivity contribution in [2.75, 3.05) is 24.8 Å². The first-order valence-corrected chi connectivity index (χ1v) is 6.03. The van der Waals surface area contributed by atoms with Crippen LogP contribution < -0.4 is 15.4 Å². The molecule has 0 spiro atoms. The van der Waals surface area contributed by atoms with E-state index in [0.29, 0.717) is 22.7 Å². The van der Waals surface area contributed by atoms with Gasteiger partial charge < -0.3 is 20.5 Å². The quantitative estimate of drug-likeness (QED) is 0.840. The molecule has 5 heteroatoms. The monoisotopic (exact) mass is 272 g/mol. The number of anilines is 2. The second-order valence-electron chi connectivity index (χ2n) is 4.34. The molecule has 20 heavy (non-hydrogen) atoms. The maximum Gasteiger partial charge on any atom is 0.258 e. The van der Waals surface area contributed by atoms with Gasteiger partial charge in [-0.3, -0.25) is 4.79 Å². The summed E-state index contributed by atoms with van der Waals surface area (Å²) in [5.41, 5.74) is 7.26. The highest BCUT2D eigenvalue weighted by Gasteiger charge is 2.15. The summed E-state index contributed by atoms with van der Waals surface area (Å²) in [6.07, 6.45) is 0. The van der Waals surface area contributed by atoms with Gasteiger partial charge in [-0.2, -0.15) is 0 Å².